The molecule has 4 aromatic heterocycles. The minimum absolute atomic E-state index is 0.103. The zero-order valence-electron chi connectivity index (χ0n) is 30.5. The number of anilines is 1. The summed E-state index contributed by atoms with van der Waals surface area (Å²) in [4.78, 5) is 17.9. The molecule has 8 rings (SSSR count). The van der Waals surface area contributed by atoms with Gasteiger partial charge in [-0.15, -0.1) is 0 Å². The van der Waals surface area contributed by atoms with Crippen LogP contribution in [0.5, 0.6) is 6.01 Å². The zero-order chi connectivity index (χ0) is 37.4. The topological polar surface area (TPSA) is 116 Å². The molecular weight excluding hydrogens is 696 g/mol. The minimum atomic E-state index is -2.90. The molecule has 53 heavy (non-hydrogen) atoms. The number of hydrogen-bond acceptors (Lipinski definition) is 10. The zero-order valence-corrected chi connectivity index (χ0v) is 30.5. The van der Waals surface area contributed by atoms with Gasteiger partial charge in [0.15, 0.2) is 6.23 Å². The number of aromatic nitrogens is 6. The highest BCUT2D eigenvalue weighted by Crippen LogP contribution is 2.60. The number of nitrogens with zero attached hydrogens (tertiary/aromatic N) is 8. The molecule has 1 N–H and O–H groups in total. The predicted molar refractivity (Wildman–Crippen MR) is 191 cm³/mol. The van der Waals surface area contributed by atoms with E-state index in [0.717, 1.165) is 19.3 Å². The van der Waals surface area contributed by atoms with Crippen LogP contribution in [0.3, 0.4) is 0 Å². The molecule has 2 aliphatic heterocycles. The lowest BCUT2D eigenvalue weighted by atomic mass is 9.94. The number of halogens is 4. The average Bonchev–Trinajstić information content (AvgIpc) is 3.32. The van der Waals surface area contributed by atoms with Gasteiger partial charge in [-0.25, -0.2) is 22.2 Å². The first-order chi connectivity index (χ1) is 25.2. The number of aryl methyl sites for hydroxylation is 2. The van der Waals surface area contributed by atoms with Crippen LogP contribution in [-0.4, -0.2) is 111 Å². The second kappa shape index (κ2) is 13.0. The molecule has 6 heterocycles. The third-order valence-corrected chi connectivity index (χ3v) is 10.8. The standard InChI is InChI=1S/C37H44F4N8O4/c1-21-14-24-23(15-43-49(24)25-8-6-7-12-52-25)27(26(21)31(38)39)29-30-22(9-10-42-29)28-32(47(30)5)44-34(53-20-36(18-46(3)4)16-37(36,40)41)45-33(28)48-11-13-51-19-35(2,50)17-48/h9-10,14-15,25,31,50H,6-8,11-13,16-20H2,1-5H3/t25?,35-,36+/m0/s1. The van der Waals surface area contributed by atoms with Crippen molar-refractivity contribution in [3.63, 3.8) is 0 Å². The van der Waals surface area contributed by atoms with E-state index in [0.29, 0.717) is 69.7 Å². The molecule has 1 saturated carbocycles. The summed E-state index contributed by atoms with van der Waals surface area (Å²) in [5, 5.41) is 17.5. The molecule has 1 aliphatic carbocycles. The summed E-state index contributed by atoms with van der Waals surface area (Å²) in [6.07, 6.45) is 2.40. The molecule has 2 saturated heterocycles. The van der Waals surface area contributed by atoms with Crippen molar-refractivity contribution >= 4 is 38.7 Å². The molecule has 3 fully saturated rings. The SMILES string of the molecule is Cc1cc2c(cnn2C2CCCCO2)c(-c2nccc3c4c(N5CCOC[C@@](C)(O)C5)nc(OC[C@]5(CN(C)C)CC5(F)F)nc4n(C)c23)c1C(F)F. The number of hydrogen-bond donors (Lipinski definition) is 1. The molecule has 16 heteroatoms. The number of fused-ring (bicyclic) bond motifs is 4. The van der Waals surface area contributed by atoms with Gasteiger partial charge in [0.2, 0.25) is 0 Å². The van der Waals surface area contributed by atoms with Crippen molar-refractivity contribution < 1.29 is 36.9 Å². The predicted octanol–water partition coefficient (Wildman–Crippen LogP) is 6.03. The van der Waals surface area contributed by atoms with E-state index in [1.54, 1.807) is 73.7 Å². The summed E-state index contributed by atoms with van der Waals surface area (Å²) in [7, 11) is 5.23. The number of rotatable bonds is 9. The summed E-state index contributed by atoms with van der Waals surface area (Å²) < 4.78 is 81.1. The van der Waals surface area contributed by atoms with Gasteiger partial charge in [0.25, 0.3) is 12.3 Å². The highest BCUT2D eigenvalue weighted by Gasteiger charge is 2.71. The van der Waals surface area contributed by atoms with E-state index >= 15 is 8.78 Å². The molecule has 0 spiro atoms. The van der Waals surface area contributed by atoms with Gasteiger partial charge in [0.1, 0.15) is 23.7 Å². The number of ether oxygens (including phenoxy) is 3. The molecule has 0 bridgehead atoms. The number of aliphatic hydroxyl groups is 1. The normalized spacial score (nSPS) is 24.9. The first-order valence-corrected chi connectivity index (χ1v) is 18.0. The van der Waals surface area contributed by atoms with Crippen molar-refractivity contribution in [2.24, 2.45) is 12.5 Å². The Morgan fingerprint density at radius 2 is 1.94 bits per heavy atom. The Morgan fingerprint density at radius 1 is 1.15 bits per heavy atom. The van der Waals surface area contributed by atoms with Crippen LogP contribution in [0.4, 0.5) is 23.4 Å². The van der Waals surface area contributed by atoms with E-state index in [1.807, 2.05) is 4.90 Å². The molecule has 284 valence electrons. The Balaban J connectivity index is 1.34. The third-order valence-electron chi connectivity index (χ3n) is 10.8. The number of alkyl halides is 4. The fourth-order valence-electron chi connectivity index (χ4n) is 8.24. The maximum atomic E-state index is 15.1. The third kappa shape index (κ3) is 6.16. The van der Waals surface area contributed by atoms with Gasteiger partial charge < -0.3 is 33.7 Å². The largest absolute Gasteiger partial charge is 0.462 e. The van der Waals surface area contributed by atoms with Crippen molar-refractivity contribution in [3.05, 3.63) is 35.7 Å². The lowest BCUT2D eigenvalue weighted by molar-refractivity contribution is -0.0366. The summed E-state index contributed by atoms with van der Waals surface area (Å²) in [5.74, 6) is -2.50. The van der Waals surface area contributed by atoms with Crippen molar-refractivity contribution in [2.45, 2.75) is 63.7 Å². The Morgan fingerprint density at radius 3 is 2.64 bits per heavy atom. The van der Waals surface area contributed by atoms with Crippen LogP contribution in [0.15, 0.2) is 24.5 Å². The van der Waals surface area contributed by atoms with E-state index in [4.69, 9.17) is 29.2 Å². The van der Waals surface area contributed by atoms with Crippen LogP contribution < -0.4 is 9.64 Å². The highest BCUT2D eigenvalue weighted by molar-refractivity contribution is 6.16. The fourth-order valence-corrected chi connectivity index (χ4v) is 8.24. The molecule has 0 radical (unpaired) electrons. The molecule has 3 atom stereocenters. The first kappa shape index (κ1) is 35.9. The van der Waals surface area contributed by atoms with Crippen LogP contribution >= 0.6 is 0 Å². The van der Waals surface area contributed by atoms with Gasteiger partial charge in [0, 0.05) is 61.3 Å². The molecule has 1 unspecified atom stereocenters. The molecule has 1 aromatic carbocycles. The van der Waals surface area contributed by atoms with E-state index in [9.17, 15) is 13.9 Å². The smallest absolute Gasteiger partial charge is 0.320 e. The van der Waals surface area contributed by atoms with Crippen LogP contribution in [-0.2, 0) is 16.5 Å². The Bertz CT molecular complexity index is 2200. The van der Waals surface area contributed by atoms with Gasteiger partial charge in [0.05, 0.1) is 53.5 Å². The van der Waals surface area contributed by atoms with E-state index < -0.39 is 23.4 Å². The van der Waals surface area contributed by atoms with Gasteiger partial charge in [-0.2, -0.15) is 15.1 Å². The second-order valence-electron chi connectivity index (χ2n) is 15.4. The molecule has 12 nitrogen and oxygen atoms in total. The van der Waals surface area contributed by atoms with Crippen molar-refractivity contribution in [1.82, 2.24) is 34.2 Å². The van der Waals surface area contributed by atoms with Crippen LogP contribution in [0, 0.1) is 12.3 Å². The maximum Gasteiger partial charge on any atom is 0.320 e. The van der Waals surface area contributed by atoms with E-state index in [-0.39, 0.29) is 56.1 Å². The molecule has 5 aromatic rings. The van der Waals surface area contributed by atoms with E-state index in [1.165, 1.54) is 0 Å². The maximum absolute atomic E-state index is 15.1. The second-order valence-corrected chi connectivity index (χ2v) is 15.4. The average molecular weight is 741 g/mol. The Hall–Kier alpha value is -4.12. The summed E-state index contributed by atoms with van der Waals surface area (Å²) in [6.45, 7) is 4.63. The minimum Gasteiger partial charge on any atom is -0.462 e. The van der Waals surface area contributed by atoms with E-state index in [2.05, 4.69) is 5.10 Å². The van der Waals surface area contributed by atoms with Gasteiger partial charge in [-0.1, -0.05) is 0 Å². The van der Waals surface area contributed by atoms with Gasteiger partial charge >= 0.3 is 6.01 Å². The Kier molecular flexibility index (Phi) is 8.82. The first-order valence-electron chi connectivity index (χ1n) is 18.0. The van der Waals surface area contributed by atoms with Crippen molar-refractivity contribution in [3.8, 4) is 17.3 Å². The molecule has 3 aliphatic rings. The van der Waals surface area contributed by atoms with Crippen molar-refractivity contribution in [1.29, 1.82) is 0 Å². The molecule has 0 amide bonds. The monoisotopic (exact) mass is 740 g/mol. The summed E-state index contributed by atoms with van der Waals surface area (Å²) >= 11 is 0. The molecular formula is C37H44F4N8O4. The lowest BCUT2D eigenvalue weighted by Gasteiger charge is -2.29. The summed E-state index contributed by atoms with van der Waals surface area (Å²) in [6, 6.07) is 3.41. The summed E-state index contributed by atoms with van der Waals surface area (Å²) in [5.41, 5.74) is -0.259. The Labute approximate surface area is 303 Å². The van der Waals surface area contributed by atoms with Gasteiger partial charge in [-0.05, 0) is 64.9 Å². The van der Waals surface area contributed by atoms with Crippen LogP contribution in [0.1, 0.15) is 56.4 Å². The highest BCUT2D eigenvalue weighted by atomic mass is 19.3. The number of pyridine rings is 1. The number of β-amino-alcohol motifs (C(OH)–C–C–N with tert-alkyl or cyclic N) is 1. The number of benzene rings is 1. The van der Waals surface area contributed by atoms with Gasteiger partial charge in [-0.3, -0.25) is 4.98 Å². The van der Waals surface area contributed by atoms with Crippen LogP contribution in [0.25, 0.3) is 44.1 Å². The quantitative estimate of drug-likeness (QED) is 0.180. The lowest BCUT2D eigenvalue weighted by Crippen LogP contribution is -2.42. The van der Waals surface area contributed by atoms with Crippen LogP contribution in [0.2, 0.25) is 0 Å². The fraction of sp³-hybridized carbons (Fsp3) is 0.568. The van der Waals surface area contributed by atoms with Crippen molar-refractivity contribution in [2.75, 3.05) is 65.1 Å².